The Bertz CT molecular complexity index is 998. The van der Waals surface area contributed by atoms with Crippen LogP contribution in [0.25, 0.3) is 0 Å². The maximum absolute atomic E-state index is 6.75. The number of hydrogen-bond donors (Lipinski definition) is 0. The van der Waals surface area contributed by atoms with Crippen molar-refractivity contribution < 1.29 is 14.2 Å². The molecule has 0 N–H and O–H groups in total. The number of unbranched alkanes of at least 4 members (excludes halogenated alkanes) is 2. The highest BCUT2D eigenvalue weighted by molar-refractivity contribution is 5.15. The van der Waals surface area contributed by atoms with Gasteiger partial charge in [-0.25, -0.2) is 0 Å². The molecule has 1 aliphatic rings. The number of hydrogen-bond acceptors (Lipinski definition) is 4. The predicted octanol–water partition coefficient (Wildman–Crippen LogP) is 6.88. The van der Waals surface area contributed by atoms with E-state index in [1.807, 2.05) is 18.2 Å². The van der Waals surface area contributed by atoms with Crippen LogP contribution in [0.5, 0.6) is 0 Å². The van der Waals surface area contributed by atoms with Gasteiger partial charge in [0.25, 0.3) is 0 Å². The minimum absolute atomic E-state index is 0.00308. The monoisotopic (exact) mass is 501 g/mol. The minimum atomic E-state index is -0.0786. The molecule has 0 amide bonds. The fourth-order valence-corrected chi connectivity index (χ4v) is 5.25. The third-order valence-electron chi connectivity index (χ3n) is 7.27. The Labute approximate surface area is 223 Å². The number of piperidine rings is 1. The topological polar surface area (TPSA) is 30.9 Å². The van der Waals surface area contributed by atoms with Crippen LogP contribution in [0.1, 0.15) is 49.8 Å². The summed E-state index contributed by atoms with van der Waals surface area (Å²) in [5.41, 5.74) is 3.57. The van der Waals surface area contributed by atoms with E-state index in [2.05, 4.69) is 91.5 Å². The molecule has 37 heavy (non-hydrogen) atoms. The molecule has 0 saturated carbocycles. The van der Waals surface area contributed by atoms with Crippen molar-refractivity contribution in [2.24, 2.45) is 5.92 Å². The summed E-state index contributed by atoms with van der Waals surface area (Å²) in [6.07, 6.45) is 3.57. The molecule has 4 rings (SSSR count). The second kappa shape index (κ2) is 15.0. The summed E-state index contributed by atoms with van der Waals surface area (Å²) in [6, 6.07) is 31.5. The zero-order valence-corrected chi connectivity index (χ0v) is 22.5. The number of benzene rings is 3. The zero-order valence-electron chi connectivity index (χ0n) is 22.5. The second-order valence-electron chi connectivity index (χ2n) is 10.3. The van der Waals surface area contributed by atoms with Crippen LogP contribution >= 0.6 is 0 Å². The van der Waals surface area contributed by atoms with Gasteiger partial charge in [-0.1, -0.05) is 118 Å². The van der Waals surface area contributed by atoms with Crippen LogP contribution in [0.4, 0.5) is 0 Å². The van der Waals surface area contributed by atoms with Crippen LogP contribution in [0.15, 0.2) is 91.0 Å². The van der Waals surface area contributed by atoms with E-state index in [-0.39, 0.29) is 18.2 Å². The van der Waals surface area contributed by atoms with Crippen molar-refractivity contribution in [2.45, 2.75) is 71.2 Å². The lowest BCUT2D eigenvalue weighted by Crippen LogP contribution is -2.61. The van der Waals surface area contributed by atoms with Crippen molar-refractivity contribution in [1.29, 1.82) is 0 Å². The summed E-state index contributed by atoms with van der Waals surface area (Å²) in [6.45, 7) is 9.02. The molecule has 1 saturated heterocycles. The van der Waals surface area contributed by atoms with E-state index in [1.54, 1.807) is 0 Å². The Kier molecular flexibility index (Phi) is 11.2. The van der Waals surface area contributed by atoms with Crippen molar-refractivity contribution >= 4 is 0 Å². The third kappa shape index (κ3) is 8.51. The number of ether oxygens (including phenoxy) is 3. The van der Waals surface area contributed by atoms with Gasteiger partial charge in [0, 0.05) is 6.54 Å². The lowest BCUT2D eigenvalue weighted by molar-refractivity contribution is -0.176. The van der Waals surface area contributed by atoms with Crippen LogP contribution in [-0.2, 0) is 34.0 Å². The van der Waals surface area contributed by atoms with Gasteiger partial charge < -0.3 is 14.2 Å². The summed E-state index contributed by atoms with van der Waals surface area (Å²) in [4.78, 5) is 2.60. The van der Waals surface area contributed by atoms with Crippen molar-refractivity contribution in [1.82, 2.24) is 4.90 Å². The molecule has 4 atom stereocenters. The van der Waals surface area contributed by atoms with Crippen molar-refractivity contribution in [3.05, 3.63) is 108 Å². The van der Waals surface area contributed by atoms with Gasteiger partial charge in [-0.15, -0.1) is 0 Å². The maximum Gasteiger partial charge on any atom is 0.102 e. The lowest BCUT2D eigenvalue weighted by Gasteiger charge is -2.48. The van der Waals surface area contributed by atoms with E-state index in [4.69, 9.17) is 14.2 Å². The highest BCUT2D eigenvalue weighted by atomic mass is 16.5. The van der Waals surface area contributed by atoms with Crippen molar-refractivity contribution in [3.63, 3.8) is 0 Å². The van der Waals surface area contributed by atoms with Crippen LogP contribution in [0, 0.1) is 5.92 Å². The number of nitrogens with zero attached hydrogens (tertiary/aromatic N) is 1. The minimum Gasteiger partial charge on any atom is -0.375 e. The van der Waals surface area contributed by atoms with E-state index in [1.165, 1.54) is 36.0 Å². The molecule has 1 heterocycles. The van der Waals surface area contributed by atoms with Crippen LogP contribution in [0.2, 0.25) is 0 Å². The van der Waals surface area contributed by atoms with Gasteiger partial charge in [0.2, 0.25) is 0 Å². The van der Waals surface area contributed by atoms with Gasteiger partial charge in [-0.2, -0.15) is 0 Å². The molecule has 4 heteroatoms. The summed E-state index contributed by atoms with van der Waals surface area (Å²) in [5, 5.41) is 0. The first-order valence-corrected chi connectivity index (χ1v) is 13.9. The lowest BCUT2D eigenvalue weighted by atomic mass is 9.87. The standard InChI is InChI=1S/C33H43NO3/c1-3-4-14-21-34-22-27(2)32(36-24-29-17-10-6-11-18-29)33(37-25-30-19-12-7-13-20-30)31(34)26-35-23-28-15-8-5-9-16-28/h5-13,15-20,27,31-33H,3-4,14,21-26H2,1-2H3. The normalized spacial score (nSPS) is 22.2. The van der Waals surface area contributed by atoms with E-state index in [0.717, 1.165) is 13.1 Å². The average Bonchev–Trinajstić information content (AvgIpc) is 2.94. The first kappa shape index (κ1) is 27.5. The summed E-state index contributed by atoms with van der Waals surface area (Å²) >= 11 is 0. The first-order valence-electron chi connectivity index (χ1n) is 13.9. The molecule has 4 unspecified atom stereocenters. The quantitative estimate of drug-likeness (QED) is 0.225. The Morgan fingerprint density at radius 3 is 1.73 bits per heavy atom. The smallest absolute Gasteiger partial charge is 0.102 e. The van der Waals surface area contributed by atoms with Gasteiger partial charge >= 0.3 is 0 Å². The fourth-order valence-electron chi connectivity index (χ4n) is 5.25. The van der Waals surface area contributed by atoms with Crippen molar-refractivity contribution in [2.75, 3.05) is 19.7 Å². The molecule has 3 aromatic rings. The summed E-state index contributed by atoms with van der Waals surface area (Å²) < 4.78 is 19.7. The molecular weight excluding hydrogens is 458 g/mol. The molecule has 1 aliphatic heterocycles. The molecular formula is C33H43NO3. The van der Waals surface area contributed by atoms with Gasteiger partial charge in [0.05, 0.1) is 38.6 Å². The molecule has 3 aromatic carbocycles. The molecule has 0 radical (unpaired) electrons. The molecule has 4 nitrogen and oxygen atoms in total. The van der Waals surface area contributed by atoms with E-state index in [9.17, 15) is 0 Å². The highest BCUT2D eigenvalue weighted by Crippen LogP contribution is 2.30. The molecule has 0 aliphatic carbocycles. The molecule has 0 spiro atoms. The van der Waals surface area contributed by atoms with E-state index < -0.39 is 0 Å². The average molecular weight is 502 g/mol. The summed E-state index contributed by atoms with van der Waals surface area (Å²) in [5.74, 6) is 0.358. The van der Waals surface area contributed by atoms with Crippen LogP contribution in [0.3, 0.4) is 0 Å². The Morgan fingerprint density at radius 2 is 1.19 bits per heavy atom. The Balaban J connectivity index is 1.52. The fraction of sp³-hybridized carbons (Fsp3) is 0.455. The molecule has 0 aromatic heterocycles. The number of likely N-dealkylation sites (tertiary alicyclic amines) is 1. The van der Waals surface area contributed by atoms with E-state index in [0.29, 0.717) is 32.3 Å². The Hall–Kier alpha value is -2.50. The summed E-state index contributed by atoms with van der Waals surface area (Å²) in [7, 11) is 0. The van der Waals surface area contributed by atoms with Gasteiger partial charge in [0.1, 0.15) is 6.10 Å². The van der Waals surface area contributed by atoms with E-state index >= 15 is 0 Å². The third-order valence-corrected chi connectivity index (χ3v) is 7.27. The van der Waals surface area contributed by atoms with Gasteiger partial charge in [-0.3, -0.25) is 4.90 Å². The Morgan fingerprint density at radius 1 is 0.676 bits per heavy atom. The number of rotatable bonds is 14. The zero-order chi connectivity index (χ0) is 25.7. The predicted molar refractivity (Wildman–Crippen MR) is 150 cm³/mol. The molecule has 0 bridgehead atoms. The largest absolute Gasteiger partial charge is 0.375 e. The van der Waals surface area contributed by atoms with Crippen LogP contribution in [-0.4, -0.2) is 42.8 Å². The van der Waals surface area contributed by atoms with Crippen LogP contribution < -0.4 is 0 Å². The van der Waals surface area contributed by atoms with Crippen molar-refractivity contribution in [3.8, 4) is 0 Å². The molecule has 198 valence electrons. The highest BCUT2D eigenvalue weighted by Gasteiger charge is 2.43. The van der Waals surface area contributed by atoms with Gasteiger partial charge in [-0.05, 0) is 35.6 Å². The second-order valence-corrected chi connectivity index (χ2v) is 10.3. The first-order chi connectivity index (χ1) is 18.2. The van der Waals surface area contributed by atoms with Gasteiger partial charge in [0.15, 0.2) is 0 Å². The SMILES string of the molecule is CCCCCN1CC(C)C(OCc2ccccc2)C(OCc2ccccc2)C1COCc1ccccc1. The maximum atomic E-state index is 6.75. The molecule has 1 fully saturated rings.